The topological polar surface area (TPSA) is 77.3 Å². The van der Waals surface area contributed by atoms with Crippen LogP contribution in [0.15, 0.2) is 30.5 Å². The van der Waals surface area contributed by atoms with Gasteiger partial charge in [0.15, 0.2) is 11.5 Å². The SMILES string of the molecule is N#Cc1ccnc(Oc2ccc3c(c2)OCO3)n1. The van der Waals surface area contributed by atoms with Crippen molar-refractivity contribution in [3.63, 3.8) is 0 Å². The van der Waals surface area contributed by atoms with E-state index in [1.54, 1.807) is 18.2 Å². The summed E-state index contributed by atoms with van der Waals surface area (Å²) in [7, 11) is 0. The number of nitrogens with zero attached hydrogens (tertiary/aromatic N) is 3. The second-order valence-corrected chi connectivity index (χ2v) is 3.45. The maximum atomic E-state index is 8.72. The molecule has 18 heavy (non-hydrogen) atoms. The third-order valence-corrected chi connectivity index (χ3v) is 2.30. The van der Waals surface area contributed by atoms with Gasteiger partial charge in [-0.3, -0.25) is 0 Å². The molecule has 1 aliphatic heterocycles. The molecular weight excluding hydrogens is 234 g/mol. The number of rotatable bonds is 2. The third kappa shape index (κ3) is 1.89. The van der Waals surface area contributed by atoms with Gasteiger partial charge in [0.2, 0.25) is 6.79 Å². The van der Waals surface area contributed by atoms with Crippen molar-refractivity contribution in [2.45, 2.75) is 0 Å². The molecule has 0 fully saturated rings. The van der Waals surface area contributed by atoms with Crippen molar-refractivity contribution in [3.8, 4) is 29.3 Å². The van der Waals surface area contributed by atoms with Crippen LogP contribution in [0.3, 0.4) is 0 Å². The predicted molar refractivity (Wildman–Crippen MR) is 59.4 cm³/mol. The lowest BCUT2D eigenvalue weighted by molar-refractivity contribution is 0.174. The van der Waals surface area contributed by atoms with Gasteiger partial charge < -0.3 is 14.2 Å². The van der Waals surface area contributed by atoms with Crippen LogP contribution in [-0.4, -0.2) is 16.8 Å². The smallest absolute Gasteiger partial charge is 0.323 e. The Hall–Kier alpha value is -2.81. The van der Waals surface area contributed by atoms with Crippen LogP contribution in [0.2, 0.25) is 0 Å². The van der Waals surface area contributed by atoms with Crippen LogP contribution in [-0.2, 0) is 0 Å². The Labute approximate surface area is 102 Å². The van der Waals surface area contributed by atoms with Gasteiger partial charge in [0.1, 0.15) is 17.5 Å². The zero-order chi connectivity index (χ0) is 12.4. The van der Waals surface area contributed by atoms with Gasteiger partial charge in [-0.05, 0) is 18.2 Å². The highest BCUT2D eigenvalue weighted by Crippen LogP contribution is 2.35. The first kappa shape index (κ1) is 10.4. The third-order valence-electron chi connectivity index (χ3n) is 2.30. The van der Waals surface area contributed by atoms with E-state index in [0.29, 0.717) is 17.2 Å². The fourth-order valence-electron chi connectivity index (χ4n) is 1.50. The summed E-state index contributed by atoms with van der Waals surface area (Å²) in [6.07, 6.45) is 1.47. The van der Waals surface area contributed by atoms with Gasteiger partial charge >= 0.3 is 6.01 Å². The quantitative estimate of drug-likeness (QED) is 0.798. The number of nitriles is 1. The van der Waals surface area contributed by atoms with Crippen LogP contribution in [0.4, 0.5) is 0 Å². The fourth-order valence-corrected chi connectivity index (χ4v) is 1.50. The minimum Gasteiger partial charge on any atom is -0.454 e. The van der Waals surface area contributed by atoms with E-state index >= 15 is 0 Å². The van der Waals surface area contributed by atoms with Gasteiger partial charge in [0, 0.05) is 12.3 Å². The Kier molecular flexibility index (Phi) is 2.43. The molecular formula is C12H7N3O3. The van der Waals surface area contributed by atoms with Crippen LogP contribution in [0, 0.1) is 11.3 Å². The minimum atomic E-state index is 0.118. The normalized spacial score (nSPS) is 11.9. The standard InChI is InChI=1S/C12H7N3O3/c13-6-8-3-4-14-12(15-8)18-9-1-2-10-11(5-9)17-7-16-10/h1-5H,7H2. The summed E-state index contributed by atoms with van der Waals surface area (Å²) in [6.45, 7) is 0.208. The highest BCUT2D eigenvalue weighted by atomic mass is 16.7. The molecule has 0 radical (unpaired) electrons. The Morgan fingerprint density at radius 3 is 3.00 bits per heavy atom. The minimum absolute atomic E-state index is 0.118. The monoisotopic (exact) mass is 241 g/mol. The summed E-state index contributed by atoms with van der Waals surface area (Å²) in [4.78, 5) is 7.83. The van der Waals surface area contributed by atoms with Crippen molar-refractivity contribution in [3.05, 3.63) is 36.2 Å². The first-order valence-electron chi connectivity index (χ1n) is 5.16. The molecule has 0 unspecified atom stereocenters. The lowest BCUT2D eigenvalue weighted by Gasteiger charge is -2.04. The van der Waals surface area contributed by atoms with E-state index in [-0.39, 0.29) is 18.5 Å². The molecule has 1 aromatic carbocycles. The van der Waals surface area contributed by atoms with Crippen molar-refractivity contribution >= 4 is 0 Å². The van der Waals surface area contributed by atoms with E-state index in [1.807, 2.05) is 6.07 Å². The van der Waals surface area contributed by atoms with Gasteiger partial charge in [-0.2, -0.15) is 10.2 Å². The van der Waals surface area contributed by atoms with Crippen LogP contribution in [0.1, 0.15) is 5.69 Å². The van der Waals surface area contributed by atoms with Crippen LogP contribution in [0.5, 0.6) is 23.3 Å². The zero-order valence-electron chi connectivity index (χ0n) is 9.16. The molecule has 0 bridgehead atoms. The molecule has 6 heteroatoms. The number of aromatic nitrogens is 2. The number of benzene rings is 1. The summed E-state index contributed by atoms with van der Waals surface area (Å²) in [5.74, 6) is 1.81. The maximum Gasteiger partial charge on any atom is 0.323 e. The van der Waals surface area contributed by atoms with Crippen molar-refractivity contribution in [1.82, 2.24) is 9.97 Å². The number of hydrogen-bond acceptors (Lipinski definition) is 6. The number of hydrogen-bond donors (Lipinski definition) is 0. The second-order valence-electron chi connectivity index (χ2n) is 3.45. The maximum absolute atomic E-state index is 8.72. The lowest BCUT2D eigenvalue weighted by atomic mass is 10.3. The van der Waals surface area contributed by atoms with E-state index in [0.717, 1.165) is 0 Å². The average molecular weight is 241 g/mol. The summed E-state index contributed by atoms with van der Waals surface area (Å²) in [5, 5.41) is 8.72. The first-order valence-corrected chi connectivity index (χ1v) is 5.16. The van der Waals surface area contributed by atoms with Gasteiger partial charge in [0.05, 0.1) is 0 Å². The highest BCUT2D eigenvalue weighted by molar-refractivity contribution is 5.47. The largest absolute Gasteiger partial charge is 0.454 e. The predicted octanol–water partition coefficient (Wildman–Crippen LogP) is 1.87. The van der Waals surface area contributed by atoms with Gasteiger partial charge in [-0.1, -0.05) is 0 Å². The lowest BCUT2D eigenvalue weighted by Crippen LogP contribution is -1.93. The molecule has 0 aliphatic carbocycles. The molecule has 0 atom stereocenters. The zero-order valence-corrected chi connectivity index (χ0v) is 9.16. The van der Waals surface area contributed by atoms with E-state index < -0.39 is 0 Å². The van der Waals surface area contributed by atoms with Crippen LogP contribution >= 0.6 is 0 Å². The summed E-state index contributed by atoms with van der Waals surface area (Å²) in [6, 6.07) is 8.69. The van der Waals surface area contributed by atoms with Gasteiger partial charge in [-0.25, -0.2) is 4.98 Å². The molecule has 2 aromatic rings. The summed E-state index contributed by atoms with van der Waals surface area (Å²) >= 11 is 0. The molecule has 0 spiro atoms. The van der Waals surface area contributed by atoms with Crippen LogP contribution < -0.4 is 14.2 Å². The molecule has 0 saturated carbocycles. The van der Waals surface area contributed by atoms with Crippen molar-refractivity contribution in [2.24, 2.45) is 0 Å². The Morgan fingerprint density at radius 1 is 1.22 bits per heavy atom. The molecule has 1 aromatic heterocycles. The van der Waals surface area contributed by atoms with E-state index in [4.69, 9.17) is 19.5 Å². The van der Waals surface area contributed by atoms with Crippen molar-refractivity contribution < 1.29 is 14.2 Å². The van der Waals surface area contributed by atoms with Gasteiger partial charge in [-0.15, -0.1) is 0 Å². The number of fused-ring (bicyclic) bond motifs is 1. The Bertz CT molecular complexity index is 637. The highest BCUT2D eigenvalue weighted by Gasteiger charge is 2.14. The Balaban J connectivity index is 1.86. The number of ether oxygens (including phenoxy) is 3. The molecule has 2 heterocycles. The van der Waals surface area contributed by atoms with Crippen molar-refractivity contribution in [2.75, 3.05) is 6.79 Å². The molecule has 88 valence electrons. The van der Waals surface area contributed by atoms with E-state index in [9.17, 15) is 0 Å². The molecule has 6 nitrogen and oxygen atoms in total. The van der Waals surface area contributed by atoms with E-state index in [1.165, 1.54) is 12.3 Å². The molecule has 3 rings (SSSR count). The summed E-state index contributed by atoms with van der Waals surface area (Å²) in [5.41, 5.74) is 0.251. The van der Waals surface area contributed by atoms with Crippen LogP contribution in [0.25, 0.3) is 0 Å². The second kappa shape index (κ2) is 4.22. The molecule has 0 saturated heterocycles. The Morgan fingerprint density at radius 2 is 2.11 bits per heavy atom. The first-order chi connectivity index (χ1) is 8.85. The molecule has 0 amide bonds. The van der Waals surface area contributed by atoms with Gasteiger partial charge in [0.25, 0.3) is 0 Å². The summed E-state index contributed by atoms with van der Waals surface area (Å²) < 4.78 is 15.9. The molecule has 0 N–H and O–H groups in total. The van der Waals surface area contributed by atoms with E-state index in [2.05, 4.69) is 9.97 Å². The fraction of sp³-hybridized carbons (Fsp3) is 0.0833. The molecule has 1 aliphatic rings. The van der Waals surface area contributed by atoms with Crippen molar-refractivity contribution in [1.29, 1.82) is 5.26 Å². The average Bonchev–Trinajstić information content (AvgIpc) is 2.86.